The first-order valence-corrected chi connectivity index (χ1v) is 5.50. The summed E-state index contributed by atoms with van der Waals surface area (Å²) >= 11 is 0. The van der Waals surface area contributed by atoms with Gasteiger partial charge in [0.1, 0.15) is 0 Å². The van der Waals surface area contributed by atoms with Crippen molar-refractivity contribution in [3.8, 4) is 0 Å². The number of nitrogens with two attached hydrogens (primary N) is 1. The second-order valence-corrected chi connectivity index (χ2v) is 4.59. The van der Waals surface area contributed by atoms with Crippen molar-refractivity contribution in [2.24, 2.45) is 5.73 Å². The highest BCUT2D eigenvalue weighted by atomic mass is 35.5. The zero-order valence-corrected chi connectivity index (χ0v) is 11.2. The SMILES string of the molecule is C=C(C)C[C@@H](N)c1cccc(C(C)C)c1.Cl. The van der Waals surface area contributed by atoms with E-state index in [-0.39, 0.29) is 18.4 Å². The topological polar surface area (TPSA) is 26.0 Å². The quantitative estimate of drug-likeness (QED) is 0.784. The van der Waals surface area contributed by atoms with Gasteiger partial charge in [-0.25, -0.2) is 0 Å². The first-order chi connectivity index (χ1) is 7.00. The monoisotopic (exact) mass is 239 g/mol. The van der Waals surface area contributed by atoms with E-state index in [4.69, 9.17) is 5.73 Å². The minimum absolute atomic E-state index is 0. The van der Waals surface area contributed by atoms with Crippen molar-refractivity contribution in [2.75, 3.05) is 0 Å². The van der Waals surface area contributed by atoms with E-state index >= 15 is 0 Å². The number of benzene rings is 1. The van der Waals surface area contributed by atoms with Crippen LogP contribution in [0.4, 0.5) is 0 Å². The van der Waals surface area contributed by atoms with Gasteiger partial charge in [-0.1, -0.05) is 43.7 Å². The largest absolute Gasteiger partial charge is 0.324 e. The first kappa shape index (κ1) is 15.2. The van der Waals surface area contributed by atoms with Crippen LogP contribution in [0.15, 0.2) is 36.4 Å². The molecule has 0 saturated carbocycles. The molecule has 0 fully saturated rings. The molecule has 0 aliphatic rings. The summed E-state index contributed by atoms with van der Waals surface area (Å²) in [6.45, 7) is 10.3. The van der Waals surface area contributed by atoms with Crippen LogP contribution in [0.3, 0.4) is 0 Å². The molecule has 0 aromatic heterocycles. The highest BCUT2D eigenvalue weighted by molar-refractivity contribution is 5.85. The minimum Gasteiger partial charge on any atom is -0.324 e. The van der Waals surface area contributed by atoms with Crippen LogP contribution < -0.4 is 5.73 Å². The number of rotatable bonds is 4. The summed E-state index contributed by atoms with van der Waals surface area (Å²) in [7, 11) is 0. The third-order valence-corrected chi connectivity index (χ3v) is 2.57. The Balaban J connectivity index is 0.00000225. The smallest absolute Gasteiger partial charge is 0.0332 e. The zero-order valence-electron chi connectivity index (χ0n) is 10.4. The van der Waals surface area contributed by atoms with Crippen molar-refractivity contribution >= 4 is 12.4 Å². The molecule has 0 aliphatic heterocycles. The predicted molar refractivity (Wildman–Crippen MR) is 74.1 cm³/mol. The van der Waals surface area contributed by atoms with Crippen LogP contribution in [-0.2, 0) is 0 Å². The molecule has 1 rings (SSSR count). The lowest BCUT2D eigenvalue weighted by Crippen LogP contribution is -2.10. The molecular weight excluding hydrogens is 218 g/mol. The molecule has 1 aromatic rings. The number of hydrogen-bond donors (Lipinski definition) is 1. The van der Waals surface area contributed by atoms with Crippen LogP contribution in [-0.4, -0.2) is 0 Å². The Morgan fingerprint density at radius 2 is 1.88 bits per heavy atom. The number of halogens is 1. The van der Waals surface area contributed by atoms with Crippen molar-refractivity contribution in [1.29, 1.82) is 0 Å². The molecule has 0 amide bonds. The van der Waals surface area contributed by atoms with E-state index in [2.05, 4.69) is 44.7 Å². The van der Waals surface area contributed by atoms with Gasteiger partial charge in [0, 0.05) is 6.04 Å². The van der Waals surface area contributed by atoms with Crippen LogP contribution >= 0.6 is 12.4 Å². The van der Waals surface area contributed by atoms with Crippen LogP contribution in [0.2, 0.25) is 0 Å². The maximum Gasteiger partial charge on any atom is 0.0332 e. The fourth-order valence-electron chi connectivity index (χ4n) is 1.64. The van der Waals surface area contributed by atoms with Gasteiger partial charge in [0.05, 0.1) is 0 Å². The van der Waals surface area contributed by atoms with Gasteiger partial charge in [0.15, 0.2) is 0 Å². The van der Waals surface area contributed by atoms with Crippen molar-refractivity contribution in [1.82, 2.24) is 0 Å². The van der Waals surface area contributed by atoms with E-state index in [0.717, 1.165) is 12.0 Å². The van der Waals surface area contributed by atoms with E-state index in [1.165, 1.54) is 11.1 Å². The third-order valence-electron chi connectivity index (χ3n) is 2.57. The van der Waals surface area contributed by atoms with Crippen molar-refractivity contribution in [3.63, 3.8) is 0 Å². The average Bonchev–Trinajstić information content (AvgIpc) is 2.17. The maximum absolute atomic E-state index is 6.10. The molecule has 0 aliphatic carbocycles. The van der Waals surface area contributed by atoms with Crippen LogP contribution in [0.25, 0.3) is 0 Å². The number of hydrogen-bond acceptors (Lipinski definition) is 1. The second-order valence-electron chi connectivity index (χ2n) is 4.59. The molecule has 1 aromatic carbocycles. The standard InChI is InChI=1S/C14H21N.ClH/c1-10(2)8-14(15)13-7-5-6-12(9-13)11(3)4;/h5-7,9,11,14H,1,8,15H2,2-4H3;1H/t14-;/m1./s1. The summed E-state index contributed by atoms with van der Waals surface area (Å²) in [5, 5.41) is 0. The van der Waals surface area contributed by atoms with Crippen LogP contribution in [0.5, 0.6) is 0 Å². The van der Waals surface area contributed by atoms with E-state index in [1.807, 2.05) is 6.92 Å². The average molecular weight is 240 g/mol. The lowest BCUT2D eigenvalue weighted by atomic mass is 9.95. The summed E-state index contributed by atoms with van der Waals surface area (Å²) in [5.74, 6) is 0.557. The van der Waals surface area contributed by atoms with Crippen LogP contribution in [0, 0.1) is 0 Å². The molecule has 0 radical (unpaired) electrons. The molecule has 1 atom stereocenters. The maximum atomic E-state index is 6.10. The van der Waals surface area contributed by atoms with Gasteiger partial charge in [0.25, 0.3) is 0 Å². The lowest BCUT2D eigenvalue weighted by molar-refractivity contribution is 0.713. The Labute approximate surface area is 105 Å². The fourth-order valence-corrected chi connectivity index (χ4v) is 1.64. The van der Waals surface area contributed by atoms with E-state index < -0.39 is 0 Å². The molecule has 0 heterocycles. The summed E-state index contributed by atoms with van der Waals surface area (Å²) < 4.78 is 0. The third kappa shape index (κ3) is 4.38. The first-order valence-electron chi connectivity index (χ1n) is 5.50. The van der Waals surface area contributed by atoms with Gasteiger partial charge in [-0.2, -0.15) is 0 Å². The van der Waals surface area contributed by atoms with E-state index in [0.29, 0.717) is 5.92 Å². The Bertz CT molecular complexity index is 344. The van der Waals surface area contributed by atoms with Crippen molar-refractivity contribution in [3.05, 3.63) is 47.5 Å². The van der Waals surface area contributed by atoms with Gasteiger partial charge in [-0.3, -0.25) is 0 Å². The Kier molecular flexibility index (Phi) is 6.39. The molecule has 0 bridgehead atoms. The Hall–Kier alpha value is -0.790. The van der Waals surface area contributed by atoms with Gasteiger partial charge >= 0.3 is 0 Å². The molecule has 0 saturated heterocycles. The highest BCUT2D eigenvalue weighted by Gasteiger charge is 2.07. The highest BCUT2D eigenvalue weighted by Crippen LogP contribution is 2.22. The van der Waals surface area contributed by atoms with Crippen molar-refractivity contribution in [2.45, 2.75) is 39.2 Å². The Morgan fingerprint density at radius 3 is 2.38 bits per heavy atom. The summed E-state index contributed by atoms with van der Waals surface area (Å²) in [6, 6.07) is 8.63. The molecule has 0 spiro atoms. The molecule has 2 heteroatoms. The summed E-state index contributed by atoms with van der Waals surface area (Å²) in [6.07, 6.45) is 0.863. The predicted octanol–water partition coefficient (Wildman–Crippen LogP) is 4.20. The van der Waals surface area contributed by atoms with Gasteiger partial charge in [-0.15, -0.1) is 19.0 Å². The summed E-state index contributed by atoms with van der Waals surface area (Å²) in [5.41, 5.74) is 9.80. The molecule has 90 valence electrons. The Morgan fingerprint density at radius 1 is 1.31 bits per heavy atom. The molecule has 1 nitrogen and oxygen atoms in total. The second kappa shape index (κ2) is 6.72. The normalized spacial score (nSPS) is 12.1. The molecule has 16 heavy (non-hydrogen) atoms. The lowest BCUT2D eigenvalue weighted by Gasteiger charge is -2.14. The van der Waals surface area contributed by atoms with Gasteiger partial charge in [0.2, 0.25) is 0 Å². The molecular formula is C14H22ClN. The fraction of sp³-hybridized carbons (Fsp3) is 0.429. The van der Waals surface area contributed by atoms with Crippen LogP contribution in [0.1, 0.15) is 50.3 Å². The van der Waals surface area contributed by atoms with E-state index in [1.54, 1.807) is 0 Å². The van der Waals surface area contributed by atoms with Crippen molar-refractivity contribution < 1.29 is 0 Å². The van der Waals surface area contributed by atoms with Gasteiger partial charge in [-0.05, 0) is 30.4 Å². The van der Waals surface area contributed by atoms with E-state index in [9.17, 15) is 0 Å². The minimum atomic E-state index is 0. The summed E-state index contributed by atoms with van der Waals surface area (Å²) in [4.78, 5) is 0. The van der Waals surface area contributed by atoms with Gasteiger partial charge < -0.3 is 5.73 Å². The molecule has 0 unspecified atom stereocenters. The molecule has 2 N–H and O–H groups in total. The zero-order chi connectivity index (χ0) is 11.4.